The summed E-state index contributed by atoms with van der Waals surface area (Å²) in [6.45, 7) is 8.11. The van der Waals surface area contributed by atoms with Crippen LogP contribution in [0, 0.1) is 0 Å². The molecular formula is C30H33N5O4. The summed E-state index contributed by atoms with van der Waals surface area (Å²) in [6.07, 6.45) is 1.79. The van der Waals surface area contributed by atoms with Crippen molar-refractivity contribution >= 4 is 23.1 Å². The largest absolute Gasteiger partial charge is 0.495 e. The van der Waals surface area contributed by atoms with E-state index in [0.29, 0.717) is 29.9 Å². The van der Waals surface area contributed by atoms with Gasteiger partial charge in [0.2, 0.25) is 12.7 Å². The van der Waals surface area contributed by atoms with E-state index in [1.807, 2.05) is 66.7 Å². The molecule has 5 rings (SSSR count). The highest BCUT2D eigenvalue weighted by Crippen LogP contribution is 2.39. The number of benzene rings is 3. The predicted molar refractivity (Wildman–Crippen MR) is 153 cm³/mol. The van der Waals surface area contributed by atoms with E-state index in [4.69, 9.17) is 23.9 Å². The SMILES string of the molecule is CCN(CC)CCOc1ccc(Nc2ncc(-c3ccc4c(c3)OCO4)c(Nc3ccccc3OC)n2)cc1. The topological polar surface area (TPSA) is 90.0 Å². The molecule has 0 amide bonds. The van der Waals surface area contributed by atoms with Crippen molar-refractivity contribution in [2.45, 2.75) is 13.8 Å². The number of hydrogen-bond acceptors (Lipinski definition) is 9. The third kappa shape index (κ3) is 6.32. The molecule has 1 aromatic heterocycles. The van der Waals surface area contributed by atoms with E-state index in [1.165, 1.54) is 0 Å². The maximum absolute atomic E-state index is 5.91. The summed E-state index contributed by atoms with van der Waals surface area (Å²) in [6, 6.07) is 21.3. The van der Waals surface area contributed by atoms with E-state index < -0.39 is 0 Å². The number of methoxy groups -OCH3 is 1. The van der Waals surface area contributed by atoms with Gasteiger partial charge in [-0.05, 0) is 67.2 Å². The Kier molecular flexibility index (Phi) is 8.28. The van der Waals surface area contributed by atoms with Gasteiger partial charge in [-0.1, -0.05) is 32.0 Å². The first kappa shape index (κ1) is 26.1. The zero-order valence-corrected chi connectivity index (χ0v) is 22.4. The molecule has 0 unspecified atom stereocenters. The van der Waals surface area contributed by atoms with E-state index in [2.05, 4.69) is 34.4 Å². The minimum atomic E-state index is 0.213. The molecule has 2 heterocycles. The van der Waals surface area contributed by atoms with Crippen molar-refractivity contribution in [2.24, 2.45) is 0 Å². The number of fused-ring (bicyclic) bond motifs is 1. The average molecular weight is 528 g/mol. The molecule has 9 heteroatoms. The van der Waals surface area contributed by atoms with Crippen LogP contribution in [0.4, 0.5) is 23.1 Å². The van der Waals surface area contributed by atoms with Gasteiger partial charge in [-0.3, -0.25) is 0 Å². The molecule has 9 nitrogen and oxygen atoms in total. The number of aromatic nitrogens is 2. The summed E-state index contributed by atoms with van der Waals surface area (Å²) >= 11 is 0. The summed E-state index contributed by atoms with van der Waals surface area (Å²) in [5.41, 5.74) is 3.35. The molecule has 3 aromatic carbocycles. The Morgan fingerprint density at radius 3 is 2.51 bits per heavy atom. The number of anilines is 4. The van der Waals surface area contributed by atoms with Crippen molar-refractivity contribution in [1.82, 2.24) is 14.9 Å². The number of hydrogen-bond donors (Lipinski definition) is 2. The third-order valence-electron chi connectivity index (χ3n) is 6.51. The maximum Gasteiger partial charge on any atom is 0.231 e. The van der Waals surface area contributed by atoms with Gasteiger partial charge in [0, 0.05) is 24.0 Å². The normalized spacial score (nSPS) is 11.9. The number of nitrogens with zero attached hydrogens (tertiary/aromatic N) is 3. The highest BCUT2D eigenvalue weighted by atomic mass is 16.7. The first-order valence-corrected chi connectivity index (χ1v) is 13.1. The molecule has 2 N–H and O–H groups in total. The van der Waals surface area contributed by atoms with Crippen molar-refractivity contribution in [2.75, 3.05) is 50.8 Å². The fourth-order valence-corrected chi connectivity index (χ4v) is 4.28. The summed E-state index contributed by atoms with van der Waals surface area (Å²) in [4.78, 5) is 11.7. The molecule has 1 aliphatic rings. The predicted octanol–water partition coefficient (Wildman–Crippen LogP) is 6.09. The van der Waals surface area contributed by atoms with Gasteiger partial charge >= 0.3 is 0 Å². The van der Waals surface area contributed by atoms with Crippen LogP contribution in [-0.2, 0) is 0 Å². The second-order valence-corrected chi connectivity index (χ2v) is 8.87. The van der Waals surface area contributed by atoms with E-state index >= 15 is 0 Å². The average Bonchev–Trinajstić information content (AvgIpc) is 3.45. The van der Waals surface area contributed by atoms with E-state index in [1.54, 1.807) is 13.3 Å². The molecule has 0 fully saturated rings. The lowest BCUT2D eigenvalue weighted by atomic mass is 10.1. The summed E-state index contributed by atoms with van der Waals surface area (Å²) < 4.78 is 22.5. The van der Waals surface area contributed by atoms with Gasteiger partial charge in [0.1, 0.15) is 23.9 Å². The molecule has 0 atom stereocenters. The second-order valence-electron chi connectivity index (χ2n) is 8.87. The van der Waals surface area contributed by atoms with Gasteiger partial charge < -0.3 is 34.5 Å². The standard InChI is InChI=1S/C30H33N5O4/c1-4-35(5-2)16-17-37-23-13-11-22(12-14-23)32-30-31-19-24(21-10-15-27-28(18-21)39-20-38-27)29(34-30)33-25-8-6-7-9-26(25)36-3/h6-15,18-19H,4-5,16-17,20H2,1-3H3,(H2,31,32,33,34). The number of nitrogens with one attached hydrogen (secondary N) is 2. The minimum absolute atomic E-state index is 0.213. The lowest BCUT2D eigenvalue weighted by Gasteiger charge is -2.18. The van der Waals surface area contributed by atoms with Gasteiger partial charge in [0.15, 0.2) is 11.5 Å². The molecule has 39 heavy (non-hydrogen) atoms. The van der Waals surface area contributed by atoms with Gasteiger partial charge in [0.25, 0.3) is 0 Å². The van der Waals surface area contributed by atoms with Crippen molar-refractivity contribution in [3.8, 4) is 34.1 Å². The molecule has 0 saturated heterocycles. The fourth-order valence-electron chi connectivity index (χ4n) is 4.28. The van der Waals surface area contributed by atoms with E-state index in [9.17, 15) is 0 Å². The molecule has 0 saturated carbocycles. The fraction of sp³-hybridized carbons (Fsp3) is 0.267. The van der Waals surface area contributed by atoms with Crippen LogP contribution in [0.25, 0.3) is 11.1 Å². The number of ether oxygens (including phenoxy) is 4. The van der Waals surface area contributed by atoms with Crippen LogP contribution in [0.3, 0.4) is 0 Å². The maximum atomic E-state index is 5.91. The zero-order chi connectivity index (χ0) is 27.0. The Morgan fingerprint density at radius 1 is 0.923 bits per heavy atom. The van der Waals surface area contributed by atoms with Crippen LogP contribution >= 0.6 is 0 Å². The van der Waals surface area contributed by atoms with Crippen LogP contribution in [0.1, 0.15) is 13.8 Å². The zero-order valence-electron chi connectivity index (χ0n) is 22.4. The molecular weight excluding hydrogens is 494 g/mol. The molecule has 1 aliphatic heterocycles. The van der Waals surface area contributed by atoms with Crippen molar-refractivity contribution in [1.29, 1.82) is 0 Å². The quantitative estimate of drug-likeness (QED) is 0.227. The minimum Gasteiger partial charge on any atom is -0.495 e. The Balaban J connectivity index is 1.37. The Hall–Kier alpha value is -4.50. The summed E-state index contributed by atoms with van der Waals surface area (Å²) in [5.74, 6) is 4.01. The van der Waals surface area contributed by atoms with Gasteiger partial charge in [-0.15, -0.1) is 0 Å². The van der Waals surface area contributed by atoms with Crippen LogP contribution < -0.4 is 29.6 Å². The Labute approximate surface area is 228 Å². The van der Waals surface area contributed by atoms with Crippen LogP contribution in [0.2, 0.25) is 0 Å². The van der Waals surface area contributed by atoms with Gasteiger partial charge in [-0.25, -0.2) is 4.98 Å². The third-order valence-corrected chi connectivity index (χ3v) is 6.51. The molecule has 0 spiro atoms. The number of rotatable bonds is 12. The van der Waals surface area contributed by atoms with Gasteiger partial charge in [0.05, 0.1) is 12.8 Å². The monoisotopic (exact) mass is 527 g/mol. The molecule has 0 bridgehead atoms. The lowest BCUT2D eigenvalue weighted by Crippen LogP contribution is -2.27. The number of para-hydroxylation sites is 2. The molecule has 0 aliphatic carbocycles. The van der Waals surface area contributed by atoms with Crippen LogP contribution in [0.15, 0.2) is 72.9 Å². The van der Waals surface area contributed by atoms with E-state index in [0.717, 1.165) is 53.6 Å². The van der Waals surface area contributed by atoms with Crippen LogP contribution in [0.5, 0.6) is 23.0 Å². The molecule has 0 radical (unpaired) electrons. The van der Waals surface area contributed by atoms with Crippen LogP contribution in [-0.4, -0.2) is 55.0 Å². The second kappa shape index (κ2) is 12.4. The summed E-state index contributed by atoms with van der Waals surface area (Å²) in [5, 5.41) is 6.72. The van der Waals surface area contributed by atoms with E-state index in [-0.39, 0.29) is 6.79 Å². The van der Waals surface area contributed by atoms with Crippen molar-refractivity contribution in [3.05, 3.63) is 72.9 Å². The Bertz CT molecular complexity index is 1390. The smallest absolute Gasteiger partial charge is 0.231 e. The first-order chi connectivity index (χ1) is 19.2. The van der Waals surface area contributed by atoms with Gasteiger partial charge in [-0.2, -0.15) is 4.98 Å². The molecule has 4 aromatic rings. The molecule has 202 valence electrons. The number of likely N-dealkylation sites (N-methyl/N-ethyl adjacent to an activating group) is 1. The van der Waals surface area contributed by atoms with Crippen molar-refractivity contribution in [3.63, 3.8) is 0 Å². The lowest BCUT2D eigenvalue weighted by molar-refractivity contribution is 0.174. The highest BCUT2D eigenvalue weighted by Gasteiger charge is 2.18. The Morgan fingerprint density at radius 2 is 1.72 bits per heavy atom. The van der Waals surface area contributed by atoms with Crippen molar-refractivity contribution < 1.29 is 18.9 Å². The summed E-state index contributed by atoms with van der Waals surface area (Å²) in [7, 11) is 1.64. The first-order valence-electron chi connectivity index (χ1n) is 13.1. The highest BCUT2D eigenvalue weighted by molar-refractivity contribution is 5.81.